The Kier molecular flexibility index (Phi) is 5.99. The molecule has 0 N–H and O–H groups in total. The zero-order chi connectivity index (χ0) is 17.7. The third-order valence-corrected chi connectivity index (χ3v) is 3.58. The first-order valence-corrected chi connectivity index (χ1v) is 8.06. The van der Waals surface area contributed by atoms with Gasteiger partial charge in [-0.1, -0.05) is 30.2 Å². The number of rotatable bonds is 6. The third-order valence-electron chi connectivity index (χ3n) is 3.34. The van der Waals surface area contributed by atoms with E-state index in [0.29, 0.717) is 22.9 Å². The number of ether oxygens (including phenoxy) is 2. The fourth-order valence-electron chi connectivity index (χ4n) is 2.16. The summed E-state index contributed by atoms with van der Waals surface area (Å²) in [5.41, 5.74) is 1.50. The number of aryl methyl sites for hydroxylation is 1. The van der Waals surface area contributed by atoms with Crippen molar-refractivity contribution in [1.29, 1.82) is 0 Å². The molecule has 0 amide bonds. The summed E-state index contributed by atoms with van der Waals surface area (Å²) >= 11 is 5.98. The van der Waals surface area contributed by atoms with E-state index in [4.69, 9.17) is 21.1 Å². The number of carbonyl (C=O) groups excluding carboxylic acids is 2. The molecule has 126 valence electrons. The van der Waals surface area contributed by atoms with Crippen molar-refractivity contribution in [2.45, 2.75) is 27.2 Å². The second-order valence-electron chi connectivity index (χ2n) is 5.43. The van der Waals surface area contributed by atoms with Crippen molar-refractivity contribution in [3.63, 3.8) is 0 Å². The van der Waals surface area contributed by atoms with E-state index < -0.39 is 5.97 Å². The van der Waals surface area contributed by atoms with E-state index in [9.17, 15) is 9.59 Å². The maximum Gasteiger partial charge on any atom is 0.347 e. The smallest absolute Gasteiger partial charge is 0.347 e. The average Bonchev–Trinajstić information content (AvgIpc) is 2.55. The molecule has 5 heteroatoms. The van der Waals surface area contributed by atoms with Gasteiger partial charge >= 0.3 is 5.97 Å². The molecule has 0 spiro atoms. The van der Waals surface area contributed by atoms with Gasteiger partial charge in [-0.05, 0) is 50.6 Å². The van der Waals surface area contributed by atoms with Gasteiger partial charge in [-0.2, -0.15) is 0 Å². The van der Waals surface area contributed by atoms with Gasteiger partial charge in [0.25, 0.3) is 0 Å². The molecule has 0 aliphatic rings. The molecule has 0 aliphatic heterocycles. The molecule has 2 aromatic carbocycles. The highest BCUT2D eigenvalue weighted by molar-refractivity contribution is 6.31. The third kappa shape index (κ3) is 4.36. The van der Waals surface area contributed by atoms with E-state index in [2.05, 4.69) is 0 Å². The predicted molar refractivity (Wildman–Crippen MR) is 93.4 cm³/mol. The number of ketones is 1. The van der Waals surface area contributed by atoms with Gasteiger partial charge < -0.3 is 9.47 Å². The minimum absolute atomic E-state index is 0.171. The summed E-state index contributed by atoms with van der Waals surface area (Å²) in [5, 5.41) is 0.404. The molecule has 0 bridgehead atoms. The molecule has 24 heavy (non-hydrogen) atoms. The van der Waals surface area contributed by atoms with Crippen LogP contribution in [0.5, 0.6) is 11.5 Å². The topological polar surface area (TPSA) is 52.6 Å². The summed E-state index contributed by atoms with van der Waals surface area (Å²) in [6.07, 6.45) is 0.809. The lowest BCUT2D eigenvalue weighted by molar-refractivity contribution is 0.0728. The van der Waals surface area contributed by atoms with Gasteiger partial charge in [0.15, 0.2) is 5.78 Å². The largest absolute Gasteiger partial charge is 0.493 e. The Labute approximate surface area is 146 Å². The number of hydrogen-bond acceptors (Lipinski definition) is 4. The maximum atomic E-state index is 12.5. The van der Waals surface area contributed by atoms with Crippen LogP contribution in [0.25, 0.3) is 0 Å². The quantitative estimate of drug-likeness (QED) is 0.426. The number of carbonyl (C=O) groups is 2. The standard InChI is InChI=1S/C19H19ClO4/c1-4-9-23-17-8-6-14(20)11-16(17)19(22)24-18-7-5-12(2)10-15(18)13(3)21/h5-8,10-11H,4,9H2,1-3H3. The van der Waals surface area contributed by atoms with E-state index in [1.807, 2.05) is 13.8 Å². The van der Waals surface area contributed by atoms with E-state index in [-0.39, 0.29) is 17.1 Å². The van der Waals surface area contributed by atoms with Crippen molar-refractivity contribution in [2.24, 2.45) is 0 Å². The molecule has 2 aromatic rings. The van der Waals surface area contributed by atoms with Crippen LogP contribution in [0.4, 0.5) is 0 Å². The lowest BCUT2D eigenvalue weighted by Crippen LogP contribution is -2.13. The Hall–Kier alpha value is -2.33. The first-order valence-electron chi connectivity index (χ1n) is 7.68. The molecule has 0 saturated carbocycles. The Bertz CT molecular complexity index is 768. The molecule has 0 atom stereocenters. The van der Waals surface area contributed by atoms with E-state index in [0.717, 1.165) is 12.0 Å². The Morgan fingerprint density at radius 2 is 1.75 bits per heavy atom. The van der Waals surface area contributed by atoms with Crippen LogP contribution in [0.3, 0.4) is 0 Å². The Balaban J connectivity index is 2.33. The summed E-state index contributed by atoms with van der Waals surface area (Å²) in [7, 11) is 0. The van der Waals surface area contributed by atoms with Crippen molar-refractivity contribution in [3.05, 3.63) is 58.1 Å². The molecule has 0 aromatic heterocycles. The fraction of sp³-hybridized carbons (Fsp3) is 0.263. The van der Waals surface area contributed by atoms with Gasteiger partial charge in [0.1, 0.15) is 17.1 Å². The molecule has 0 saturated heterocycles. The van der Waals surface area contributed by atoms with E-state index >= 15 is 0 Å². The molecule has 0 fully saturated rings. The summed E-state index contributed by atoms with van der Waals surface area (Å²) < 4.78 is 11.0. The molecule has 0 unspecified atom stereocenters. The molecular formula is C19H19ClO4. The average molecular weight is 347 g/mol. The number of esters is 1. The van der Waals surface area contributed by atoms with Crippen LogP contribution in [-0.4, -0.2) is 18.4 Å². The monoisotopic (exact) mass is 346 g/mol. The van der Waals surface area contributed by atoms with Crippen molar-refractivity contribution in [3.8, 4) is 11.5 Å². The molecule has 0 radical (unpaired) electrons. The maximum absolute atomic E-state index is 12.5. The van der Waals surface area contributed by atoms with Crippen LogP contribution >= 0.6 is 11.6 Å². The highest BCUT2D eigenvalue weighted by Crippen LogP contribution is 2.27. The van der Waals surface area contributed by atoms with Crippen LogP contribution in [-0.2, 0) is 0 Å². The number of halogens is 1. The summed E-state index contributed by atoms with van der Waals surface area (Å²) in [4.78, 5) is 24.3. The van der Waals surface area contributed by atoms with Crippen molar-refractivity contribution >= 4 is 23.4 Å². The highest BCUT2D eigenvalue weighted by atomic mass is 35.5. The first-order chi connectivity index (χ1) is 11.4. The summed E-state index contributed by atoms with van der Waals surface area (Å²) in [5.74, 6) is -0.160. The highest BCUT2D eigenvalue weighted by Gasteiger charge is 2.18. The molecule has 0 aliphatic carbocycles. The lowest BCUT2D eigenvalue weighted by atomic mass is 10.1. The van der Waals surface area contributed by atoms with Crippen LogP contribution in [0.15, 0.2) is 36.4 Å². The van der Waals surface area contributed by atoms with Crippen LogP contribution in [0.1, 0.15) is 46.5 Å². The Morgan fingerprint density at radius 1 is 1.04 bits per heavy atom. The van der Waals surface area contributed by atoms with Crippen molar-refractivity contribution in [1.82, 2.24) is 0 Å². The predicted octanol–water partition coefficient (Wildman–Crippen LogP) is 4.86. The van der Waals surface area contributed by atoms with Gasteiger partial charge in [-0.3, -0.25) is 4.79 Å². The van der Waals surface area contributed by atoms with Gasteiger partial charge in [0, 0.05) is 5.02 Å². The molecular weight excluding hydrogens is 328 g/mol. The lowest BCUT2D eigenvalue weighted by Gasteiger charge is -2.12. The van der Waals surface area contributed by atoms with Crippen LogP contribution in [0, 0.1) is 6.92 Å². The van der Waals surface area contributed by atoms with E-state index in [1.165, 1.54) is 13.0 Å². The van der Waals surface area contributed by atoms with Crippen LogP contribution < -0.4 is 9.47 Å². The minimum atomic E-state index is -0.616. The fourth-order valence-corrected chi connectivity index (χ4v) is 2.33. The van der Waals surface area contributed by atoms with Crippen molar-refractivity contribution in [2.75, 3.05) is 6.61 Å². The zero-order valence-electron chi connectivity index (χ0n) is 13.9. The van der Waals surface area contributed by atoms with E-state index in [1.54, 1.807) is 30.3 Å². The van der Waals surface area contributed by atoms with Crippen LogP contribution in [0.2, 0.25) is 5.02 Å². The molecule has 2 rings (SSSR count). The van der Waals surface area contributed by atoms with Gasteiger partial charge in [-0.25, -0.2) is 4.79 Å². The summed E-state index contributed by atoms with van der Waals surface area (Å²) in [6, 6.07) is 9.86. The number of Topliss-reactive ketones (excluding diaryl/α,β-unsaturated/α-hetero) is 1. The van der Waals surface area contributed by atoms with Crippen molar-refractivity contribution < 1.29 is 19.1 Å². The van der Waals surface area contributed by atoms with Gasteiger partial charge in [-0.15, -0.1) is 0 Å². The summed E-state index contributed by atoms with van der Waals surface area (Å²) in [6.45, 7) is 5.75. The Morgan fingerprint density at radius 3 is 2.42 bits per heavy atom. The number of benzene rings is 2. The number of hydrogen-bond donors (Lipinski definition) is 0. The zero-order valence-corrected chi connectivity index (χ0v) is 14.6. The minimum Gasteiger partial charge on any atom is -0.493 e. The normalized spacial score (nSPS) is 10.3. The molecule has 4 nitrogen and oxygen atoms in total. The SMILES string of the molecule is CCCOc1ccc(Cl)cc1C(=O)Oc1ccc(C)cc1C(C)=O. The van der Waals surface area contributed by atoms with Gasteiger partial charge in [0.05, 0.1) is 12.2 Å². The second-order valence-corrected chi connectivity index (χ2v) is 5.87. The second kappa shape index (κ2) is 7.97. The molecule has 0 heterocycles. The van der Waals surface area contributed by atoms with Gasteiger partial charge in [0.2, 0.25) is 0 Å². The first kappa shape index (κ1) is 18.0.